The van der Waals surface area contributed by atoms with Crippen LogP contribution in [0.3, 0.4) is 0 Å². The number of carbonyl (C=O) groups is 3. The molecule has 28 heavy (non-hydrogen) atoms. The summed E-state index contributed by atoms with van der Waals surface area (Å²) in [5, 5.41) is 0. The summed E-state index contributed by atoms with van der Waals surface area (Å²) in [6, 6.07) is -0.786. The van der Waals surface area contributed by atoms with Gasteiger partial charge in [-0.25, -0.2) is 0 Å². The number of rotatable bonds is 11. The minimum Gasteiger partial charge on any atom is -0.469 e. The van der Waals surface area contributed by atoms with Crippen molar-refractivity contribution in [3.8, 4) is 11.8 Å². The van der Waals surface area contributed by atoms with Crippen molar-refractivity contribution in [3.63, 3.8) is 0 Å². The Morgan fingerprint density at radius 3 is 2.64 bits per heavy atom. The van der Waals surface area contributed by atoms with Gasteiger partial charge >= 0.3 is 11.9 Å². The molecule has 1 aliphatic rings. The highest BCUT2D eigenvalue weighted by molar-refractivity contribution is 5.92. The van der Waals surface area contributed by atoms with Crippen LogP contribution in [-0.4, -0.2) is 48.2 Å². The van der Waals surface area contributed by atoms with Gasteiger partial charge in [0.15, 0.2) is 5.78 Å². The third-order valence-corrected chi connectivity index (χ3v) is 4.75. The van der Waals surface area contributed by atoms with Crippen molar-refractivity contribution < 1.29 is 27.9 Å². The van der Waals surface area contributed by atoms with Crippen LogP contribution >= 0.6 is 0 Å². The van der Waals surface area contributed by atoms with Gasteiger partial charge in [-0.2, -0.15) is 8.78 Å². The Hall–Kier alpha value is -2.23. The number of carbonyl (C=O) groups excluding carboxylic acids is 3. The highest BCUT2D eigenvalue weighted by Crippen LogP contribution is 2.34. The molecule has 0 aromatic carbocycles. The number of unbranched alkanes of at least 4 members (excludes halogenated alkanes) is 3. The number of esters is 1. The molecule has 1 heterocycles. The number of allylic oxidation sites excluding steroid dienone is 1. The molecule has 1 unspecified atom stereocenters. The Morgan fingerprint density at radius 1 is 1.32 bits per heavy atom. The van der Waals surface area contributed by atoms with Gasteiger partial charge < -0.3 is 9.64 Å². The van der Waals surface area contributed by atoms with Crippen molar-refractivity contribution in [1.29, 1.82) is 0 Å². The van der Waals surface area contributed by atoms with Crippen LogP contribution < -0.4 is 0 Å². The smallest absolute Gasteiger partial charge is 0.327 e. The van der Waals surface area contributed by atoms with Crippen LogP contribution in [0.4, 0.5) is 8.78 Å². The Balaban J connectivity index is 2.57. The molecule has 5 nitrogen and oxygen atoms in total. The van der Waals surface area contributed by atoms with Gasteiger partial charge in [-0.15, -0.1) is 11.8 Å². The molecule has 1 saturated heterocycles. The number of alkyl halides is 2. The van der Waals surface area contributed by atoms with E-state index in [1.807, 2.05) is 0 Å². The lowest BCUT2D eigenvalue weighted by Crippen LogP contribution is -2.36. The van der Waals surface area contributed by atoms with Gasteiger partial charge in [-0.05, 0) is 25.8 Å². The molecule has 156 valence electrons. The Kier molecular flexibility index (Phi) is 9.84. The number of halogens is 2. The number of methoxy groups -OCH3 is 1. The van der Waals surface area contributed by atoms with E-state index < -0.39 is 24.3 Å². The molecule has 1 fully saturated rings. The molecule has 1 rings (SSSR count). The van der Waals surface area contributed by atoms with Crippen LogP contribution in [0.15, 0.2) is 12.2 Å². The number of nitrogens with zero attached hydrogens (tertiary/aromatic N) is 1. The molecule has 0 aromatic rings. The zero-order valence-electron chi connectivity index (χ0n) is 16.8. The molecule has 2 atom stereocenters. The van der Waals surface area contributed by atoms with Crippen molar-refractivity contribution >= 4 is 17.7 Å². The van der Waals surface area contributed by atoms with E-state index >= 15 is 0 Å². The number of ether oxygens (including phenoxy) is 1. The number of ketones is 1. The topological polar surface area (TPSA) is 63.7 Å². The fourth-order valence-corrected chi connectivity index (χ4v) is 2.99. The van der Waals surface area contributed by atoms with E-state index in [-0.39, 0.29) is 24.2 Å². The van der Waals surface area contributed by atoms with Crippen LogP contribution in [-0.2, 0) is 19.1 Å². The zero-order valence-corrected chi connectivity index (χ0v) is 16.8. The maximum Gasteiger partial charge on any atom is 0.327 e. The third kappa shape index (κ3) is 7.41. The zero-order chi connectivity index (χ0) is 21.2. The SMILES string of the molecule is CC#CCC(C)C(=O)/C=C/[C@H]1CC(F)(F)C(=O)N1CCCCCCC(=O)OC. The first-order valence-electron chi connectivity index (χ1n) is 9.60. The fourth-order valence-electron chi connectivity index (χ4n) is 2.99. The monoisotopic (exact) mass is 397 g/mol. The summed E-state index contributed by atoms with van der Waals surface area (Å²) in [7, 11) is 1.33. The van der Waals surface area contributed by atoms with Crippen molar-refractivity contribution in [2.45, 2.75) is 70.8 Å². The largest absolute Gasteiger partial charge is 0.469 e. The van der Waals surface area contributed by atoms with Crippen LogP contribution in [0.2, 0.25) is 0 Å². The maximum atomic E-state index is 13.9. The van der Waals surface area contributed by atoms with E-state index in [0.717, 1.165) is 11.3 Å². The van der Waals surface area contributed by atoms with Gasteiger partial charge in [0.25, 0.3) is 5.91 Å². The second-order valence-electron chi connectivity index (χ2n) is 7.01. The fraction of sp³-hybridized carbons (Fsp3) is 0.667. The van der Waals surface area contributed by atoms with Crippen LogP contribution in [0.1, 0.15) is 58.8 Å². The first kappa shape index (κ1) is 23.8. The molecule has 0 bridgehead atoms. The molecule has 0 radical (unpaired) electrons. The van der Waals surface area contributed by atoms with E-state index in [4.69, 9.17) is 0 Å². The molecule has 0 aromatic heterocycles. The van der Waals surface area contributed by atoms with Crippen LogP contribution in [0.25, 0.3) is 0 Å². The molecule has 1 aliphatic heterocycles. The summed E-state index contributed by atoms with van der Waals surface area (Å²) >= 11 is 0. The third-order valence-electron chi connectivity index (χ3n) is 4.75. The highest BCUT2D eigenvalue weighted by Gasteiger charge is 2.52. The maximum absolute atomic E-state index is 13.9. The standard InChI is InChI=1S/C21H29F2NO4/c1-4-5-10-16(2)18(25)13-12-17-15-21(22,23)20(27)24(17)14-9-7-6-8-11-19(26)28-3/h12-13,16-17H,6-11,14-15H2,1-3H3/b13-12+/t16?,17-/m0/s1. The van der Waals surface area contributed by atoms with E-state index in [2.05, 4.69) is 16.6 Å². The molecular weight excluding hydrogens is 368 g/mol. The predicted octanol–water partition coefficient (Wildman–Crippen LogP) is 3.52. The van der Waals surface area contributed by atoms with Crippen molar-refractivity contribution in [3.05, 3.63) is 12.2 Å². The van der Waals surface area contributed by atoms with E-state index in [1.165, 1.54) is 19.3 Å². The lowest BCUT2D eigenvalue weighted by Gasteiger charge is -2.21. The van der Waals surface area contributed by atoms with Crippen LogP contribution in [0, 0.1) is 17.8 Å². The van der Waals surface area contributed by atoms with E-state index in [9.17, 15) is 23.2 Å². The Morgan fingerprint density at radius 2 is 2.00 bits per heavy atom. The molecule has 0 spiro atoms. The predicted molar refractivity (Wildman–Crippen MR) is 102 cm³/mol. The number of hydrogen-bond acceptors (Lipinski definition) is 4. The van der Waals surface area contributed by atoms with Gasteiger partial charge in [0.05, 0.1) is 13.2 Å². The molecule has 0 N–H and O–H groups in total. The number of likely N-dealkylation sites (tertiary alicyclic amines) is 1. The highest BCUT2D eigenvalue weighted by atomic mass is 19.3. The van der Waals surface area contributed by atoms with Gasteiger partial charge in [-0.1, -0.05) is 25.8 Å². The van der Waals surface area contributed by atoms with E-state index in [0.29, 0.717) is 32.1 Å². The molecular formula is C21H29F2NO4. The molecule has 0 aliphatic carbocycles. The Bertz CT molecular complexity index is 649. The normalized spacial score (nSPS) is 19.4. The van der Waals surface area contributed by atoms with Crippen LogP contribution in [0.5, 0.6) is 0 Å². The molecule has 7 heteroatoms. The molecule has 0 saturated carbocycles. The first-order valence-corrected chi connectivity index (χ1v) is 9.60. The minimum absolute atomic E-state index is 0.187. The van der Waals surface area contributed by atoms with Gasteiger partial charge in [-0.3, -0.25) is 14.4 Å². The Labute approximate surface area is 165 Å². The lowest BCUT2D eigenvalue weighted by atomic mass is 10.0. The average Bonchev–Trinajstić information content (AvgIpc) is 2.89. The second-order valence-corrected chi connectivity index (χ2v) is 7.01. The summed E-state index contributed by atoms with van der Waals surface area (Å²) in [4.78, 5) is 36.3. The quantitative estimate of drug-likeness (QED) is 0.232. The summed E-state index contributed by atoms with van der Waals surface area (Å²) in [6.45, 7) is 3.62. The van der Waals surface area contributed by atoms with E-state index in [1.54, 1.807) is 13.8 Å². The summed E-state index contributed by atoms with van der Waals surface area (Å²) in [5.41, 5.74) is 0. The minimum atomic E-state index is -3.40. The summed E-state index contributed by atoms with van der Waals surface area (Å²) < 4.78 is 32.3. The van der Waals surface area contributed by atoms with Crippen molar-refractivity contribution in [1.82, 2.24) is 4.90 Å². The molecule has 1 amide bonds. The lowest BCUT2D eigenvalue weighted by molar-refractivity contribution is -0.148. The second kappa shape index (κ2) is 11.6. The average molecular weight is 397 g/mol. The van der Waals surface area contributed by atoms with Gasteiger partial charge in [0.1, 0.15) is 0 Å². The summed E-state index contributed by atoms with van der Waals surface area (Å²) in [5.74, 6) is 0.177. The van der Waals surface area contributed by atoms with Crippen molar-refractivity contribution in [2.24, 2.45) is 5.92 Å². The van der Waals surface area contributed by atoms with Gasteiger partial charge in [0, 0.05) is 31.7 Å². The number of hydrogen-bond donors (Lipinski definition) is 0. The first-order chi connectivity index (χ1) is 13.2. The summed E-state index contributed by atoms with van der Waals surface area (Å²) in [6.07, 6.45) is 5.52. The number of amides is 1. The van der Waals surface area contributed by atoms with Crippen molar-refractivity contribution in [2.75, 3.05) is 13.7 Å². The van der Waals surface area contributed by atoms with Gasteiger partial charge in [0.2, 0.25) is 0 Å².